The fourth-order valence-corrected chi connectivity index (χ4v) is 4.78. The second-order valence-corrected chi connectivity index (χ2v) is 10.3. The topological polar surface area (TPSA) is 55.6 Å². The van der Waals surface area contributed by atoms with Crippen molar-refractivity contribution >= 4 is 23.3 Å². The summed E-state index contributed by atoms with van der Waals surface area (Å²) in [5, 5.41) is 3.74. The lowest BCUT2D eigenvalue weighted by molar-refractivity contribution is 0.0377. The molecule has 1 N–H and O–H groups in total. The first-order chi connectivity index (χ1) is 16.3. The molecular formula is C28H28ClN3O2. The number of alkyl carbamates (subject to hydrolysis) is 1. The number of amides is 1. The van der Waals surface area contributed by atoms with E-state index in [4.69, 9.17) is 21.3 Å². The van der Waals surface area contributed by atoms with Crippen molar-refractivity contribution in [3.8, 4) is 22.5 Å². The minimum absolute atomic E-state index is 0.377. The van der Waals surface area contributed by atoms with Crippen LogP contribution in [0.1, 0.15) is 45.6 Å². The number of benzene rings is 2. The first-order valence-corrected chi connectivity index (χ1v) is 12.0. The van der Waals surface area contributed by atoms with E-state index in [2.05, 4.69) is 41.7 Å². The molecule has 174 valence electrons. The second-order valence-electron chi connectivity index (χ2n) is 9.86. The number of nitrogens with one attached hydrogen (secondary N) is 1. The monoisotopic (exact) mass is 473 g/mol. The molecule has 5 nitrogen and oxygen atoms in total. The number of nitrogens with zero attached hydrogens (tertiary/aromatic N) is 2. The lowest BCUT2D eigenvalue weighted by Gasteiger charge is -2.43. The first kappa shape index (κ1) is 22.5. The van der Waals surface area contributed by atoms with E-state index in [1.54, 1.807) is 0 Å². The summed E-state index contributed by atoms with van der Waals surface area (Å²) in [6.07, 6.45) is 4.47. The molecule has 0 saturated heterocycles. The second kappa shape index (κ2) is 8.48. The van der Waals surface area contributed by atoms with Gasteiger partial charge in [-0.1, -0.05) is 66.2 Å². The highest BCUT2D eigenvalue weighted by Gasteiger charge is 2.41. The van der Waals surface area contributed by atoms with E-state index in [1.165, 1.54) is 0 Å². The number of aromatic nitrogens is 2. The third-order valence-corrected chi connectivity index (χ3v) is 6.60. The van der Waals surface area contributed by atoms with Crippen LogP contribution < -0.4 is 5.32 Å². The zero-order valence-electron chi connectivity index (χ0n) is 19.6. The van der Waals surface area contributed by atoms with Crippen LogP contribution in [0.3, 0.4) is 0 Å². The van der Waals surface area contributed by atoms with Crippen LogP contribution in [0.2, 0.25) is 5.02 Å². The predicted octanol–water partition coefficient (Wildman–Crippen LogP) is 7.23. The predicted molar refractivity (Wildman–Crippen MR) is 136 cm³/mol. The Bertz CT molecular complexity index is 1330. The highest BCUT2D eigenvalue weighted by Crippen LogP contribution is 2.42. The number of ether oxygens (including phenoxy) is 1. The van der Waals surface area contributed by atoms with E-state index in [1.807, 2.05) is 61.7 Å². The van der Waals surface area contributed by atoms with E-state index in [0.717, 1.165) is 53.0 Å². The Balaban J connectivity index is 1.52. The first-order valence-electron chi connectivity index (χ1n) is 11.6. The zero-order chi connectivity index (χ0) is 23.9. The molecule has 2 aromatic carbocycles. The fourth-order valence-electron chi connectivity index (χ4n) is 4.57. The zero-order valence-corrected chi connectivity index (χ0v) is 20.4. The van der Waals surface area contributed by atoms with Crippen molar-refractivity contribution in [2.45, 2.75) is 51.2 Å². The third-order valence-electron chi connectivity index (χ3n) is 6.31. The number of carbonyl (C=O) groups excluding carboxylic acids is 1. The number of imidazole rings is 1. The van der Waals surface area contributed by atoms with Crippen molar-refractivity contribution in [1.29, 1.82) is 0 Å². The summed E-state index contributed by atoms with van der Waals surface area (Å²) < 4.78 is 7.56. The van der Waals surface area contributed by atoms with Gasteiger partial charge in [0.05, 0.1) is 21.9 Å². The summed E-state index contributed by atoms with van der Waals surface area (Å²) >= 11 is 6.49. The van der Waals surface area contributed by atoms with E-state index in [0.29, 0.717) is 5.02 Å². The van der Waals surface area contributed by atoms with Crippen LogP contribution in [0, 0.1) is 0 Å². The van der Waals surface area contributed by atoms with E-state index < -0.39 is 5.60 Å². The van der Waals surface area contributed by atoms with Crippen LogP contribution in [-0.2, 0) is 10.3 Å². The molecule has 5 rings (SSSR count). The molecule has 0 unspecified atom stereocenters. The van der Waals surface area contributed by atoms with Gasteiger partial charge in [0.25, 0.3) is 0 Å². The molecule has 6 heteroatoms. The van der Waals surface area contributed by atoms with Gasteiger partial charge < -0.3 is 10.1 Å². The van der Waals surface area contributed by atoms with Crippen molar-refractivity contribution in [2.24, 2.45) is 0 Å². The Hall–Kier alpha value is -3.31. The summed E-state index contributed by atoms with van der Waals surface area (Å²) in [4.78, 5) is 17.4. The van der Waals surface area contributed by atoms with Gasteiger partial charge in [-0.05, 0) is 57.7 Å². The fraction of sp³-hybridized carbons (Fsp3) is 0.286. The molecule has 2 heterocycles. The molecule has 1 amide bonds. The maximum Gasteiger partial charge on any atom is 0.408 e. The molecule has 0 aliphatic heterocycles. The largest absolute Gasteiger partial charge is 0.444 e. The number of fused-ring (bicyclic) bond motifs is 1. The molecule has 1 fully saturated rings. The summed E-state index contributed by atoms with van der Waals surface area (Å²) in [5.74, 6) is 0. The standard InChI is InChI=1S/C28H28ClN3O2/c1-27(2,3)34-26(33)31-28(16-8-17-28)21-14-12-19(13-15-21)23-24(20-9-5-4-6-10-20)32-18-7-11-22(29)25(32)30-23/h4-7,9-15,18H,8,16-17H2,1-3H3,(H,31,33). The maximum atomic E-state index is 12.5. The molecule has 1 aliphatic carbocycles. The molecule has 34 heavy (non-hydrogen) atoms. The average molecular weight is 474 g/mol. The highest BCUT2D eigenvalue weighted by atomic mass is 35.5. The number of hydrogen-bond donors (Lipinski definition) is 1. The van der Waals surface area contributed by atoms with Gasteiger partial charge in [-0.15, -0.1) is 0 Å². The van der Waals surface area contributed by atoms with Gasteiger partial charge in [0.15, 0.2) is 5.65 Å². The molecule has 0 bridgehead atoms. The Morgan fingerprint density at radius 2 is 1.71 bits per heavy atom. The van der Waals surface area contributed by atoms with Gasteiger partial charge in [0, 0.05) is 17.3 Å². The van der Waals surface area contributed by atoms with Crippen molar-refractivity contribution in [2.75, 3.05) is 0 Å². The van der Waals surface area contributed by atoms with Crippen molar-refractivity contribution < 1.29 is 9.53 Å². The number of halogens is 1. The minimum Gasteiger partial charge on any atom is -0.444 e. The van der Waals surface area contributed by atoms with Crippen LogP contribution in [0.5, 0.6) is 0 Å². The Kier molecular flexibility index (Phi) is 5.61. The molecule has 0 spiro atoms. The third kappa shape index (κ3) is 4.16. The number of hydrogen-bond acceptors (Lipinski definition) is 3. The molecule has 2 aromatic heterocycles. The summed E-state index contributed by atoms with van der Waals surface area (Å²) in [7, 11) is 0. The van der Waals surface area contributed by atoms with E-state index in [-0.39, 0.29) is 11.6 Å². The molecule has 0 radical (unpaired) electrons. The molecular weight excluding hydrogens is 446 g/mol. The Labute approximate surface area is 204 Å². The van der Waals surface area contributed by atoms with Crippen LogP contribution in [0.15, 0.2) is 72.9 Å². The summed E-state index contributed by atoms with van der Waals surface area (Å²) in [6, 6.07) is 22.3. The van der Waals surface area contributed by atoms with Crippen molar-refractivity contribution in [3.05, 3.63) is 83.5 Å². The van der Waals surface area contributed by atoms with Crippen LogP contribution in [0.4, 0.5) is 4.79 Å². The number of carbonyl (C=O) groups is 1. The van der Waals surface area contributed by atoms with Crippen LogP contribution in [0.25, 0.3) is 28.2 Å². The smallest absolute Gasteiger partial charge is 0.408 e. The number of rotatable bonds is 4. The van der Waals surface area contributed by atoms with Crippen molar-refractivity contribution in [3.63, 3.8) is 0 Å². The quantitative estimate of drug-likeness (QED) is 0.340. The van der Waals surface area contributed by atoms with Crippen LogP contribution >= 0.6 is 11.6 Å². The average Bonchev–Trinajstić information content (AvgIpc) is 3.17. The molecule has 1 saturated carbocycles. The Morgan fingerprint density at radius 1 is 1.00 bits per heavy atom. The SMILES string of the molecule is CC(C)(C)OC(=O)NC1(c2ccc(-c3nc4c(Cl)cccn4c3-c3ccccc3)cc2)CCC1. The van der Waals surface area contributed by atoms with Gasteiger partial charge >= 0.3 is 6.09 Å². The Morgan fingerprint density at radius 3 is 2.32 bits per heavy atom. The lowest BCUT2D eigenvalue weighted by atomic mass is 9.71. The molecule has 4 aromatic rings. The van der Waals surface area contributed by atoms with Gasteiger partial charge in [-0.3, -0.25) is 4.40 Å². The summed E-state index contributed by atoms with van der Waals surface area (Å²) in [6.45, 7) is 5.63. The molecule has 1 aliphatic rings. The highest BCUT2D eigenvalue weighted by molar-refractivity contribution is 6.33. The van der Waals surface area contributed by atoms with Gasteiger partial charge in [-0.2, -0.15) is 0 Å². The number of pyridine rings is 1. The van der Waals surface area contributed by atoms with E-state index in [9.17, 15) is 4.79 Å². The van der Waals surface area contributed by atoms with Gasteiger partial charge in [0.2, 0.25) is 0 Å². The maximum absolute atomic E-state index is 12.5. The lowest BCUT2D eigenvalue weighted by Crippen LogP contribution is -2.52. The van der Waals surface area contributed by atoms with Crippen LogP contribution in [-0.4, -0.2) is 21.1 Å². The van der Waals surface area contributed by atoms with Crippen molar-refractivity contribution in [1.82, 2.24) is 14.7 Å². The minimum atomic E-state index is -0.531. The van der Waals surface area contributed by atoms with Gasteiger partial charge in [0.1, 0.15) is 5.60 Å². The normalized spacial score (nSPS) is 15.1. The van der Waals surface area contributed by atoms with E-state index >= 15 is 0 Å². The molecule has 0 atom stereocenters. The van der Waals surface area contributed by atoms with Gasteiger partial charge in [-0.25, -0.2) is 9.78 Å². The summed E-state index contributed by atoms with van der Waals surface area (Å²) in [5.41, 5.74) is 4.82.